The Morgan fingerprint density at radius 1 is 0.963 bits per heavy atom. The molecule has 2 aromatic rings. The van der Waals surface area contributed by atoms with Crippen molar-refractivity contribution < 1.29 is 8.42 Å². The van der Waals surface area contributed by atoms with Gasteiger partial charge >= 0.3 is 0 Å². The SMILES string of the molecule is Cc1ccc(C)c(S(=O)(=O)NCCCc2ccc(N3CCCCC3)cc2)c1. The Hall–Kier alpha value is -1.85. The Morgan fingerprint density at radius 2 is 1.67 bits per heavy atom. The maximum absolute atomic E-state index is 12.5. The van der Waals surface area contributed by atoms with Gasteiger partial charge in [-0.25, -0.2) is 13.1 Å². The largest absolute Gasteiger partial charge is 0.372 e. The fourth-order valence-corrected chi connectivity index (χ4v) is 5.00. The van der Waals surface area contributed by atoms with Crippen LogP contribution in [0.25, 0.3) is 0 Å². The van der Waals surface area contributed by atoms with Gasteiger partial charge in [0.25, 0.3) is 0 Å². The van der Waals surface area contributed by atoms with Gasteiger partial charge in [0.05, 0.1) is 4.90 Å². The van der Waals surface area contributed by atoms with Gasteiger partial charge < -0.3 is 4.90 Å². The summed E-state index contributed by atoms with van der Waals surface area (Å²) in [6, 6.07) is 14.3. The number of hydrogen-bond acceptors (Lipinski definition) is 3. The number of benzene rings is 2. The minimum Gasteiger partial charge on any atom is -0.372 e. The molecule has 0 spiro atoms. The minimum absolute atomic E-state index is 0.383. The maximum Gasteiger partial charge on any atom is 0.240 e. The molecule has 0 aromatic heterocycles. The molecule has 1 aliphatic heterocycles. The first-order valence-electron chi connectivity index (χ1n) is 9.86. The first-order valence-corrected chi connectivity index (χ1v) is 11.3. The van der Waals surface area contributed by atoms with Crippen LogP contribution in [0, 0.1) is 13.8 Å². The Morgan fingerprint density at radius 3 is 2.37 bits per heavy atom. The van der Waals surface area contributed by atoms with E-state index in [9.17, 15) is 8.42 Å². The molecule has 0 amide bonds. The molecule has 27 heavy (non-hydrogen) atoms. The highest BCUT2D eigenvalue weighted by Crippen LogP contribution is 2.21. The summed E-state index contributed by atoms with van der Waals surface area (Å²) in [5.41, 5.74) is 4.28. The lowest BCUT2D eigenvalue weighted by molar-refractivity contribution is 0.577. The van der Waals surface area contributed by atoms with Crippen molar-refractivity contribution in [2.45, 2.75) is 50.8 Å². The monoisotopic (exact) mass is 386 g/mol. The lowest BCUT2D eigenvalue weighted by atomic mass is 10.1. The Balaban J connectivity index is 1.50. The summed E-state index contributed by atoms with van der Waals surface area (Å²) >= 11 is 0. The smallest absolute Gasteiger partial charge is 0.240 e. The standard InChI is InChI=1S/C22H30N2O2S/c1-18-8-9-19(2)22(17-18)27(25,26)23-14-6-7-20-10-12-21(13-11-20)24-15-4-3-5-16-24/h8-13,17,23H,3-7,14-16H2,1-2H3. The molecular weight excluding hydrogens is 356 g/mol. The Kier molecular flexibility index (Phi) is 6.55. The predicted octanol–water partition coefficient (Wildman–Crippen LogP) is 4.20. The van der Waals surface area contributed by atoms with Crippen LogP contribution in [-0.4, -0.2) is 28.1 Å². The number of anilines is 1. The van der Waals surface area contributed by atoms with Crippen LogP contribution in [0.3, 0.4) is 0 Å². The van der Waals surface area contributed by atoms with Crippen LogP contribution < -0.4 is 9.62 Å². The molecule has 0 radical (unpaired) electrons. The zero-order chi connectivity index (χ0) is 19.3. The third kappa shape index (κ3) is 5.33. The number of piperidine rings is 1. The molecular formula is C22H30N2O2S. The molecule has 5 heteroatoms. The third-order valence-corrected chi connectivity index (χ3v) is 6.83. The third-order valence-electron chi connectivity index (χ3n) is 5.23. The van der Waals surface area contributed by atoms with E-state index in [0.717, 1.165) is 37.1 Å². The summed E-state index contributed by atoms with van der Waals surface area (Å²) in [6.07, 6.45) is 5.56. The molecule has 0 unspecified atom stereocenters. The van der Waals surface area contributed by atoms with Gasteiger partial charge in [0, 0.05) is 25.3 Å². The van der Waals surface area contributed by atoms with Gasteiger partial charge in [-0.2, -0.15) is 0 Å². The lowest BCUT2D eigenvalue weighted by Gasteiger charge is -2.28. The predicted molar refractivity (Wildman–Crippen MR) is 112 cm³/mol. The molecule has 2 aromatic carbocycles. The second-order valence-electron chi connectivity index (χ2n) is 7.48. The number of nitrogens with zero attached hydrogens (tertiary/aromatic N) is 1. The summed E-state index contributed by atoms with van der Waals surface area (Å²) in [4.78, 5) is 2.83. The van der Waals surface area contributed by atoms with E-state index < -0.39 is 10.0 Å². The highest BCUT2D eigenvalue weighted by molar-refractivity contribution is 7.89. The first-order chi connectivity index (χ1) is 13.0. The summed E-state index contributed by atoms with van der Waals surface area (Å²) in [5, 5.41) is 0. The van der Waals surface area contributed by atoms with Gasteiger partial charge in [0.1, 0.15) is 0 Å². The highest BCUT2D eigenvalue weighted by atomic mass is 32.2. The van der Waals surface area contributed by atoms with Crippen molar-refractivity contribution in [3.63, 3.8) is 0 Å². The van der Waals surface area contributed by atoms with Crippen LogP contribution in [0.5, 0.6) is 0 Å². The molecule has 0 atom stereocenters. The average molecular weight is 387 g/mol. The number of hydrogen-bond donors (Lipinski definition) is 1. The van der Waals surface area contributed by atoms with E-state index in [1.54, 1.807) is 6.07 Å². The number of sulfonamides is 1. The number of nitrogens with one attached hydrogen (secondary N) is 1. The van der Waals surface area contributed by atoms with Crippen LogP contribution in [-0.2, 0) is 16.4 Å². The summed E-state index contributed by atoms with van der Waals surface area (Å²) in [7, 11) is -3.45. The van der Waals surface area contributed by atoms with Crippen LogP contribution in [0.2, 0.25) is 0 Å². The zero-order valence-corrected chi connectivity index (χ0v) is 17.2. The summed E-state index contributed by atoms with van der Waals surface area (Å²) < 4.78 is 27.8. The molecule has 0 saturated carbocycles. The van der Waals surface area contributed by atoms with E-state index in [1.165, 1.54) is 30.5 Å². The van der Waals surface area contributed by atoms with Crippen LogP contribution >= 0.6 is 0 Å². The van der Waals surface area contributed by atoms with Crippen LogP contribution in [0.15, 0.2) is 47.4 Å². The van der Waals surface area contributed by atoms with Gasteiger partial charge in [-0.3, -0.25) is 0 Å². The first kappa shape index (κ1) is 19.9. The van der Waals surface area contributed by atoms with Crippen molar-refractivity contribution in [3.8, 4) is 0 Å². The fraction of sp³-hybridized carbons (Fsp3) is 0.455. The minimum atomic E-state index is -3.45. The number of rotatable bonds is 7. The van der Waals surface area contributed by atoms with Crippen LogP contribution in [0.1, 0.15) is 42.4 Å². The molecule has 0 bridgehead atoms. The summed E-state index contributed by atoms with van der Waals surface area (Å²) in [5.74, 6) is 0. The fourth-order valence-electron chi connectivity index (χ4n) is 3.60. The van der Waals surface area contributed by atoms with E-state index in [4.69, 9.17) is 0 Å². The molecule has 1 N–H and O–H groups in total. The van der Waals surface area contributed by atoms with Gasteiger partial charge in [0.2, 0.25) is 10.0 Å². The topological polar surface area (TPSA) is 49.4 Å². The van der Waals surface area contributed by atoms with E-state index in [-0.39, 0.29) is 0 Å². The second kappa shape index (κ2) is 8.89. The molecule has 1 fully saturated rings. The van der Waals surface area contributed by atoms with Gasteiger partial charge in [0.15, 0.2) is 0 Å². The normalized spacial score (nSPS) is 15.1. The quantitative estimate of drug-likeness (QED) is 0.726. The molecule has 4 nitrogen and oxygen atoms in total. The van der Waals surface area contributed by atoms with Crippen molar-refractivity contribution >= 4 is 15.7 Å². The zero-order valence-electron chi connectivity index (χ0n) is 16.4. The van der Waals surface area contributed by atoms with Gasteiger partial charge in [-0.15, -0.1) is 0 Å². The van der Waals surface area contributed by atoms with Gasteiger partial charge in [-0.05, 0) is 80.8 Å². The van der Waals surface area contributed by atoms with Crippen molar-refractivity contribution in [1.82, 2.24) is 4.72 Å². The van der Waals surface area contributed by atoms with E-state index in [1.807, 2.05) is 26.0 Å². The van der Waals surface area contributed by atoms with E-state index in [2.05, 4.69) is 33.9 Å². The van der Waals surface area contributed by atoms with Crippen molar-refractivity contribution in [3.05, 3.63) is 59.2 Å². The Bertz CT molecular complexity index is 854. The molecule has 0 aliphatic carbocycles. The van der Waals surface area contributed by atoms with Crippen molar-refractivity contribution in [2.24, 2.45) is 0 Å². The van der Waals surface area contributed by atoms with E-state index >= 15 is 0 Å². The summed E-state index contributed by atoms with van der Waals surface area (Å²) in [6.45, 7) is 6.49. The molecule has 1 saturated heterocycles. The molecule has 1 aliphatic rings. The van der Waals surface area contributed by atoms with E-state index in [0.29, 0.717) is 11.4 Å². The Labute approximate surface area is 163 Å². The maximum atomic E-state index is 12.5. The van der Waals surface area contributed by atoms with Gasteiger partial charge in [-0.1, -0.05) is 24.3 Å². The molecule has 3 rings (SSSR count). The lowest BCUT2D eigenvalue weighted by Crippen LogP contribution is -2.29. The average Bonchev–Trinajstić information content (AvgIpc) is 2.68. The second-order valence-corrected chi connectivity index (χ2v) is 9.22. The van der Waals surface area contributed by atoms with Crippen molar-refractivity contribution in [1.29, 1.82) is 0 Å². The highest BCUT2D eigenvalue weighted by Gasteiger charge is 2.16. The van der Waals surface area contributed by atoms with Crippen molar-refractivity contribution in [2.75, 3.05) is 24.5 Å². The van der Waals surface area contributed by atoms with Crippen LogP contribution in [0.4, 0.5) is 5.69 Å². The molecule has 1 heterocycles. The number of aryl methyl sites for hydroxylation is 3. The molecule has 146 valence electrons.